The number of rotatable bonds is 9. The number of fused-ring (bicyclic) bond motifs is 2. The molecule has 6 aromatic rings. The Hall–Kier alpha value is -4.72. The molecule has 1 aliphatic carbocycles. The highest BCUT2D eigenvalue weighted by Crippen LogP contribution is 2.35. The molecule has 5 aromatic heterocycles. The van der Waals surface area contributed by atoms with Crippen LogP contribution in [0.1, 0.15) is 31.2 Å². The summed E-state index contributed by atoms with van der Waals surface area (Å²) in [6, 6.07) is 10.3. The normalized spacial score (nSPS) is 14.8. The summed E-state index contributed by atoms with van der Waals surface area (Å²) >= 11 is 0. The minimum Gasteiger partial charge on any atom is -0.374 e. The Morgan fingerprint density at radius 3 is 2.58 bits per heavy atom. The minimum absolute atomic E-state index is 0.0322. The Kier molecular flexibility index (Phi) is 7.51. The SMILES string of the molecule is CS(=O)(=O)NCc1cc(F)cc(-c2cncc3[nH]c(-c4n[nH]c5ncc(-c6cncc(NC(O)C7CCCC7)c6)cc45)cc23)c1. The maximum atomic E-state index is 14.6. The highest BCUT2D eigenvalue weighted by Gasteiger charge is 2.23. The molecule has 5 heterocycles. The Labute approximate surface area is 258 Å². The fraction of sp³-hybridized carbons (Fsp3) is 0.250. The van der Waals surface area contributed by atoms with Gasteiger partial charge < -0.3 is 15.4 Å². The third-order valence-electron chi connectivity index (χ3n) is 8.26. The van der Waals surface area contributed by atoms with E-state index in [1.165, 1.54) is 12.1 Å². The first-order valence-electron chi connectivity index (χ1n) is 14.7. The van der Waals surface area contributed by atoms with Gasteiger partial charge in [0.2, 0.25) is 10.0 Å². The number of aliphatic hydroxyl groups excluding tert-OH is 1. The van der Waals surface area contributed by atoms with E-state index >= 15 is 0 Å². The van der Waals surface area contributed by atoms with Gasteiger partial charge in [0.15, 0.2) is 5.65 Å². The van der Waals surface area contributed by atoms with E-state index in [2.05, 4.69) is 40.2 Å². The van der Waals surface area contributed by atoms with Crippen LogP contribution < -0.4 is 10.0 Å². The van der Waals surface area contributed by atoms with Crippen molar-refractivity contribution in [1.29, 1.82) is 0 Å². The van der Waals surface area contributed by atoms with E-state index in [1.54, 1.807) is 37.1 Å². The van der Waals surface area contributed by atoms with Gasteiger partial charge in [-0.05, 0) is 60.4 Å². The molecule has 1 atom stereocenters. The van der Waals surface area contributed by atoms with E-state index in [9.17, 15) is 17.9 Å². The first-order valence-corrected chi connectivity index (χ1v) is 16.5. The first-order chi connectivity index (χ1) is 21.7. The van der Waals surface area contributed by atoms with Crippen LogP contribution in [0.5, 0.6) is 0 Å². The average Bonchev–Trinajstić information content (AvgIpc) is 3.79. The average molecular weight is 627 g/mol. The lowest BCUT2D eigenvalue weighted by molar-refractivity contribution is 0.137. The maximum Gasteiger partial charge on any atom is 0.209 e. The number of H-pyrrole nitrogens is 2. The third kappa shape index (κ3) is 6.14. The molecule has 45 heavy (non-hydrogen) atoms. The first kappa shape index (κ1) is 29.0. The largest absolute Gasteiger partial charge is 0.374 e. The Morgan fingerprint density at radius 1 is 0.956 bits per heavy atom. The third-order valence-corrected chi connectivity index (χ3v) is 8.93. The molecule has 1 aliphatic rings. The van der Waals surface area contributed by atoms with Crippen LogP contribution in [0.15, 0.2) is 67.4 Å². The van der Waals surface area contributed by atoms with Gasteiger partial charge in [0.1, 0.15) is 17.7 Å². The van der Waals surface area contributed by atoms with Crippen LogP contribution >= 0.6 is 0 Å². The minimum atomic E-state index is -3.44. The molecule has 5 N–H and O–H groups in total. The fourth-order valence-corrected chi connectivity index (χ4v) is 6.47. The van der Waals surface area contributed by atoms with Crippen molar-refractivity contribution in [2.75, 3.05) is 11.6 Å². The molecule has 0 radical (unpaired) electrons. The molecule has 13 heteroatoms. The van der Waals surface area contributed by atoms with Crippen molar-refractivity contribution in [2.24, 2.45) is 5.92 Å². The van der Waals surface area contributed by atoms with Crippen molar-refractivity contribution < 1.29 is 17.9 Å². The van der Waals surface area contributed by atoms with Gasteiger partial charge in [0.05, 0.1) is 35.5 Å². The monoisotopic (exact) mass is 626 g/mol. The maximum absolute atomic E-state index is 14.6. The lowest BCUT2D eigenvalue weighted by Gasteiger charge is -2.20. The highest BCUT2D eigenvalue weighted by atomic mass is 32.2. The van der Waals surface area contributed by atoms with Gasteiger partial charge in [0, 0.05) is 58.5 Å². The zero-order chi connectivity index (χ0) is 31.1. The van der Waals surface area contributed by atoms with Crippen LogP contribution in [0.25, 0.3) is 55.6 Å². The van der Waals surface area contributed by atoms with E-state index in [0.717, 1.165) is 65.0 Å². The number of nitrogens with one attached hydrogen (secondary N) is 4. The number of sulfonamides is 1. The molecular weight excluding hydrogens is 595 g/mol. The van der Waals surface area contributed by atoms with Crippen molar-refractivity contribution in [3.63, 3.8) is 0 Å². The summed E-state index contributed by atoms with van der Waals surface area (Å²) in [6.45, 7) is -0.0322. The van der Waals surface area contributed by atoms with Crippen LogP contribution in [0.2, 0.25) is 0 Å². The summed E-state index contributed by atoms with van der Waals surface area (Å²) in [5.74, 6) is -0.240. The quantitative estimate of drug-likeness (QED) is 0.134. The number of aromatic nitrogens is 6. The zero-order valence-corrected chi connectivity index (χ0v) is 25.2. The predicted molar refractivity (Wildman–Crippen MR) is 171 cm³/mol. The summed E-state index contributed by atoms with van der Waals surface area (Å²) in [5, 5.41) is 23.0. The molecule has 0 amide bonds. The topological polar surface area (TPSA) is 162 Å². The number of anilines is 1. The summed E-state index contributed by atoms with van der Waals surface area (Å²) in [4.78, 5) is 16.7. The van der Waals surface area contributed by atoms with E-state index in [4.69, 9.17) is 0 Å². The van der Waals surface area contributed by atoms with Crippen molar-refractivity contribution in [1.82, 2.24) is 34.9 Å². The lowest BCUT2D eigenvalue weighted by atomic mass is 10.0. The number of nitrogens with zero attached hydrogens (tertiary/aromatic N) is 4. The molecule has 7 rings (SSSR count). The molecule has 1 unspecified atom stereocenters. The molecule has 1 saturated carbocycles. The Morgan fingerprint density at radius 2 is 1.76 bits per heavy atom. The van der Waals surface area contributed by atoms with Crippen molar-refractivity contribution in [3.8, 4) is 33.6 Å². The van der Waals surface area contributed by atoms with Gasteiger partial charge >= 0.3 is 0 Å². The van der Waals surface area contributed by atoms with Crippen molar-refractivity contribution in [2.45, 2.75) is 38.5 Å². The second-order valence-electron chi connectivity index (χ2n) is 11.6. The van der Waals surface area contributed by atoms with Gasteiger partial charge in [-0.15, -0.1) is 0 Å². The molecule has 1 aromatic carbocycles. The predicted octanol–water partition coefficient (Wildman–Crippen LogP) is 5.34. The standard InChI is InChI=1S/C32H31FN8O3S/c1-45(43,44)37-12-18-6-20(8-23(33)7-18)27-16-35-17-29-25(27)11-28(39-29)30-26-10-22(14-36-31(26)41-40-30)21-9-24(15-34-13-21)38-32(42)19-4-2-3-5-19/h6-11,13-17,19,32,37-39,42H,2-5,12H2,1H3,(H,36,40,41). The van der Waals surface area contributed by atoms with Crippen LogP contribution in [0.3, 0.4) is 0 Å². The summed E-state index contributed by atoms with van der Waals surface area (Å²) in [6.07, 6.45) is 13.3. The number of aliphatic hydroxyl groups is 1. The van der Waals surface area contributed by atoms with Gasteiger partial charge in [-0.1, -0.05) is 12.8 Å². The number of pyridine rings is 3. The molecular formula is C32H31FN8O3S. The number of aromatic amines is 2. The Balaban J connectivity index is 1.22. The van der Waals surface area contributed by atoms with Crippen molar-refractivity contribution >= 4 is 37.6 Å². The summed E-state index contributed by atoms with van der Waals surface area (Å²) in [7, 11) is -3.44. The van der Waals surface area contributed by atoms with Gasteiger partial charge in [0.25, 0.3) is 0 Å². The molecule has 11 nitrogen and oxygen atoms in total. The van der Waals surface area contributed by atoms with Crippen molar-refractivity contribution in [3.05, 3.63) is 78.8 Å². The number of hydrogen-bond acceptors (Lipinski definition) is 8. The van der Waals surface area contributed by atoms with Crippen LogP contribution in [-0.4, -0.2) is 56.1 Å². The second kappa shape index (κ2) is 11.7. The van der Waals surface area contributed by atoms with E-state index < -0.39 is 22.1 Å². The summed E-state index contributed by atoms with van der Waals surface area (Å²) < 4.78 is 40.2. The van der Waals surface area contributed by atoms with Gasteiger partial charge in [-0.25, -0.2) is 22.5 Å². The smallest absolute Gasteiger partial charge is 0.209 e. The van der Waals surface area contributed by atoms with Gasteiger partial charge in [-0.2, -0.15) is 5.10 Å². The number of benzene rings is 1. The zero-order valence-electron chi connectivity index (χ0n) is 24.4. The molecule has 0 saturated heterocycles. The summed E-state index contributed by atoms with van der Waals surface area (Å²) in [5.41, 5.74) is 6.86. The molecule has 0 bridgehead atoms. The highest BCUT2D eigenvalue weighted by molar-refractivity contribution is 7.88. The number of halogens is 1. The van der Waals surface area contributed by atoms with Crippen LogP contribution in [0, 0.1) is 11.7 Å². The van der Waals surface area contributed by atoms with E-state index in [0.29, 0.717) is 33.7 Å². The van der Waals surface area contributed by atoms with Crippen LogP contribution in [0.4, 0.5) is 10.1 Å². The fourth-order valence-electron chi connectivity index (χ4n) is 6.04. The lowest BCUT2D eigenvalue weighted by Crippen LogP contribution is -2.26. The van der Waals surface area contributed by atoms with Crippen LogP contribution in [-0.2, 0) is 16.6 Å². The number of hydrogen-bond donors (Lipinski definition) is 5. The Bertz CT molecular complexity index is 2140. The van der Waals surface area contributed by atoms with E-state index in [-0.39, 0.29) is 12.5 Å². The molecule has 0 spiro atoms. The molecule has 0 aliphatic heterocycles. The van der Waals surface area contributed by atoms with Gasteiger partial charge in [-0.3, -0.25) is 15.1 Å². The molecule has 230 valence electrons. The van der Waals surface area contributed by atoms with E-state index in [1.807, 2.05) is 18.2 Å². The second-order valence-corrected chi connectivity index (χ2v) is 13.4. The molecule has 1 fully saturated rings.